The molecule has 1 N–H and O–H groups in total. The second kappa shape index (κ2) is 4.09. The van der Waals surface area contributed by atoms with E-state index >= 15 is 0 Å². The average Bonchev–Trinajstić information content (AvgIpc) is 2.16. The van der Waals surface area contributed by atoms with Gasteiger partial charge in [-0.2, -0.15) is 0 Å². The van der Waals surface area contributed by atoms with Gasteiger partial charge in [0.2, 0.25) is 0 Å². The molecule has 0 aromatic heterocycles. The highest BCUT2D eigenvalue weighted by molar-refractivity contribution is 5.86. The van der Waals surface area contributed by atoms with Gasteiger partial charge in [0.1, 0.15) is 0 Å². The number of benzene rings is 1. The van der Waals surface area contributed by atoms with Crippen molar-refractivity contribution in [2.45, 2.75) is 13.8 Å². The van der Waals surface area contributed by atoms with E-state index in [9.17, 15) is 4.79 Å². The molecule has 1 atom stereocenters. The summed E-state index contributed by atoms with van der Waals surface area (Å²) >= 11 is 0. The molecule has 74 valence electrons. The van der Waals surface area contributed by atoms with E-state index in [-0.39, 0.29) is 0 Å². The Morgan fingerprint density at radius 3 is 2.29 bits per heavy atom. The zero-order chi connectivity index (χ0) is 10.7. The summed E-state index contributed by atoms with van der Waals surface area (Å²) in [5, 5.41) is 8.81. The first kappa shape index (κ1) is 10.5. The molecule has 0 aliphatic rings. The Morgan fingerprint density at radius 1 is 1.36 bits per heavy atom. The number of hydrogen-bond donors (Lipinski definition) is 1. The number of hydrogen-bond acceptors (Lipinski definition) is 1. The van der Waals surface area contributed by atoms with Crippen molar-refractivity contribution >= 4 is 11.5 Å². The highest BCUT2D eigenvalue weighted by atomic mass is 16.4. The first-order valence-corrected chi connectivity index (χ1v) is 4.51. The predicted octanol–water partition coefficient (Wildman–Crippen LogP) is 2.73. The Labute approximate surface area is 83.9 Å². The van der Waals surface area contributed by atoms with Gasteiger partial charge in [-0.15, -0.1) is 0 Å². The predicted molar refractivity (Wildman–Crippen MR) is 57.0 cm³/mol. The molecule has 0 spiro atoms. The zero-order valence-electron chi connectivity index (χ0n) is 8.45. The van der Waals surface area contributed by atoms with E-state index < -0.39 is 11.9 Å². The van der Waals surface area contributed by atoms with E-state index in [0.717, 1.165) is 11.1 Å². The molecule has 0 aliphatic heterocycles. The van der Waals surface area contributed by atoms with E-state index in [2.05, 4.69) is 6.58 Å². The molecule has 0 saturated carbocycles. The Morgan fingerprint density at radius 2 is 1.86 bits per heavy atom. The monoisotopic (exact) mass is 190 g/mol. The molecule has 1 rings (SSSR count). The first-order valence-electron chi connectivity index (χ1n) is 4.51. The van der Waals surface area contributed by atoms with Crippen LogP contribution in [0.5, 0.6) is 0 Å². The molecule has 0 fully saturated rings. The first-order chi connectivity index (χ1) is 6.52. The summed E-state index contributed by atoms with van der Waals surface area (Å²) in [6, 6.07) is 7.71. The summed E-state index contributed by atoms with van der Waals surface area (Å²) in [6.45, 7) is 7.43. The molecule has 14 heavy (non-hydrogen) atoms. The van der Waals surface area contributed by atoms with Gasteiger partial charge < -0.3 is 5.11 Å². The number of carbonyl (C=O) groups is 1. The second-order valence-corrected chi connectivity index (χ2v) is 3.45. The Kier molecular flexibility index (Phi) is 3.07. The standard InChI is InChI=1S/C12H14O2/c1-8-4-6-11(7-5-8)9(2)10(3)12(13)14/h4-7,10H,2H2,1,3H3,(H,13,14). The Hall–Kier alpha value is -1.57. The van der Waals surface area contributed by atoms with Crippen molar-refractivity contribution in [2.24, 2.45) is 5.92 Å². The van der Waals surface area contributed by atoms with Crippen LogP contribution in [0.25, 0.3) is 5.57 Å². The molecular formula is C12H14O2. The summed E-state index contributed by atoms with van der Waals surface area (Å²) in [7, 11) is 0. The lowest BCUT2D eigenvalue weighted by Crippen LogP contribution is -2.10. The molecule has 2 nitrogen and oxygen atoms in total. The topological polar surface area (TPSA) is 37.3 Å². The van der Waals surface area contributed by atoms with Crippen LogP contribution in [-0.4, -0.2) is 11.1 Å². The lowest BCUT2D eigenvalue weighted by molar-refractivity contribution is -0.139. The fourth-order valence-corrected chi connectivity index (χ4v) is 1.17. The zero-order valence-corrected chi connectivity index (χ0v) is 8.45. The van der Waals surface area contributed by atoms with E-state index in [1.165, 1.54) is 0 Å². The summed E-state index contributed by atoms with van der Waals surface area (Å²) in [4.78, 5) is 10.7. The van der Waals surface area contributed by atoms with Gasteiger partial charge in [-0.05, 0) is 25.0 Å². The summed E-state index contributed by atoms with van der Waals surface area (Å²) in [5.41, 5.74) is 2.70. The molecule has 0 radical (unpaired) electrons. The average molecular weight is 190 g/mol. The Bertz CT molecular complexity index is 349. The quantitative estimate of drug-likeness (QED) is 0.795. The summed E-state index contributed by atoms with van der Waals surface area (Å²) in [6.07, 6.45) is 0. The maximum Gasteiger partial charge on any atom is 0.310 e. The van der Waals surface area contributed by atoms with Gasteiger partial charge in [-0.3, -0.25) is 4.79 Å². The van der Waals surface area contributed by atoms with Crippen molar-refractivity contribution in [2.75, 3.05) is 0 Å². The molecule has 1 aromatic rings. The lowest BCUT2D eigenvalue weighted by Gasteiger charge is -2.10. The van der Waals surface area contributed by atoms with Gasteiger partial charge in [0, 0.05) is 0 Å². The van der Waals surface area contributed by atoms with E-state index in [1.807, 2.05) is 31.2 Å². The lowest BCUT2D eigenvalue weighted by atomic mass is 9.95. The highest BCUT2D eigenvalue weighted by Crippen LogP contribution is 2.21. The van der Waals surface area contributed by atoms with Crippen LogP contribution in [0.3, 0.4) is 0 Å². The smallest absolute Gasteiger partial charge is 0.310 e. The minimum atomic E-state index is -0.837. The molecule has 0 aliphatic carbocycles. The number of carboxylic acid groups (broad SMARTS) is 1. The SMILES string of the molecule is C=C(c1ccc(C)cc1)C(C)C(=O)O. The molecule has 0 bridgehead atoms. The third kappa shape index (κ3) is 2.22. The van der Waals surface area contributed by atoms with Crippen LogP contribution in [-0.2, 0) is 4.79 Å². The van der Waals surface area contributed by atoms with E-state index in [0.29, 0.717) is 5.57 Å². The van der Waals surface area contributed by atoms with Crippen molar-refractivity contribution in [1.29, 1.82) is 0 Å². The largest absolute Gasteiger partial charge is 0.481 e. The van der Waals surface area contributed by atoms with Crippen LogP contribution in [0.4, 0.5) is 0 Å². The van der Waals surface area contributed by atoms with Gasteiger partial charge in [0.05, 0.1) is 5.92 Å². The van der Waals surface area contributed by atoms with Gasteiger partial charge in [0.15, 0.2) is 0 Å². The van der Waals surface area contributed by atoms with Crippen LogP contribution in [0, 0.1) is 12.8 Å². The minimum absolute atomic E-state index is 0.530. The summed E-state index contributed by atoms with van der Waals surface area (Å²) in [5.74, 6) is -1.37. The van der Waals surface area contributed by atoms with Gasteiger partial charge in [0.25, 0.3) is 0 Å². The normalized spacial score (nSPS) is 12.1. The van der Waals surface area contributed by atoms with Crippen LogP contribution in [0.2, 0.25) is 0 Å². The number of aryl methyl sites for hydroxylation is 1. The van der Waals surface area contributed by atoms with Crippen LogP contribution < -0.4 is 0 Å². The molecular weight excluding hydrogens is 176 g/mol. The fourth-order valence-electron chi connectivity index (χ4n) is 1.17. The summed E-state index contributed by atoms with van der Waals surface area (Å²) < 4.78 is 0. The molecule has 0 heterocycles. The third-order valence-corrected chi connectivity index (χ3v) is 2.32. The van der Waals surface area contributed by atoms with Crippen molar-refractivity contribution in [1.82, 2.24) is 0 Å². The van der Waals surface area contributed by atoms with Gasteiger partial charge in [-0.1, -0.05) is 36.4 Å². The van der Waals surface area contributed by atoms with Crippen LogP contribution in [0.15, 0.2) is 30.8 Å². The second-order valence-electron chi connectivity index (χ2n) is 3.45. The van der Waals surface area contributed by atoms with Crippen molar-refractivity contribution in [3.63, 3.8) is 0 Å². The maximum atomic E-state index is 10.7. The Balaban J connectivity index is 2.90. The van der Waals surface area contributed by atoms with Crippen molar-refractivity contribution < 1.29 is 9.90 Å². The third-order valence-electron chi connectivity index (χ3n) is 2.32. The van der Waals surface area contributed by atoms with E-state index in [4.69, 9.17) is 5.11 Å². The highest BCUT2D eigenvalue weighted by Gasteiger charge is 2.15. The van der Waals surface area contributed by atoms with Crippen molar-refractivity contribution in [3.8, 4) is 0 Å². The maximum absolute atomic E-state index is 10.7. The molecule has 1 unspecified atom stereocenters. The van der Waals surface area contributed by atoms with Crippen LogP contribution in [0.1, 0.15) is 18.1 Å². The number of rotatable bonds is 3. The van der Waals surface area contributed by atoms with Gasteiger partial charge >= 0.3 is 5.97 Å². The number of aliphatic carboxylic acids is 1. The molecule has 0 amide bonds. The molecule has 2 heteroatoms. The van der Waals surface area contributed by atoms with Crippen LogP contribution >= 0.6 is 0 Å². The minimum Gasteiger partial charge on any atom is -0.481 e. The molecule has 1 aromatic carbocycles. The fraction of sp³-hybridized carbons (Fsp3) is 0.250. The number of carboxylic acids is 1. The van der Waals surface area contributed by atoms with Crippen molar-refractivity contribution in [3.05, 3.63) is 42.0 Å². The van der Waals surface area contributed by atoms with E-state index in [1.54, 1.807) is 6.92 Å². The molecule has 0 saturated heterocycles. The van der Waals surface area contributed by atoms with Gasteiger partial charge in [-0.25, -0.2) is 0 Å².